The van der Waals surface area contributed by atoms with Crippen LogP contribution in [0.1, 0.15) is 40.0 Å². The Balaban J connectivity index is 2.77. The summed E-state index contributed by atoms with van der Waals surface area (Å²) in [6, 6.07) is 1.27. The van der Waals surface area contributed by atoms with Crippen LogP contribution in [0.4, 0.5) is 0 Å². The van der Waals surface area contributed by atoms with Crippen molar-refractivity contribution in [1.29, 1.82) is 0 Å². The minimum atomic E-state index is 0.224. The van der Waals surface area contributed by atoms with Crippen molar-refractivity contribution < 1.29 is 0 Å². The molecule has 0 radical (unpaired) electrons. The second-order valence-electron chi connectivity index (χ2n) is 5.58. The standard InChI is InChI=1S/C13H29N3/c1-6-11(2)16(5)13(10-14)7-8-15(4)12(3)9-13/h11-12H,6-10,14H2,1-5H3. The van der Waals surface area contributed by atoms with Crippen LogP contribution in [0.3, 0.4) is 0 Å². The summed E-state index contributed by atoms with van der Waals surface area (Å²) in [5, 5.41) is 0. The molecule has 1 rings (SSSR count). The molecule has 3 atom stereocenters. The van der Waals surface area contributed by atoms with Crippen LogP contribution in [0.15, 0.2) is 0 Å². The first-order chi connectivity index (χ1) is 7.46. The molecule has 0 aliphatic carbocycles. The first kappa shape index (κ1) is 13.9. The van der Waals surface area contributed by atoms with E-state index in [0.29, 0.717) is 12.1 Å². The van der Waals surface area contributed by atoms with Crippen molar-refractivity contribution in [3.05, 3.63) is 0 Å². The van der Waals surface area contributed by atoms with Gasteiger partial charge in [-0.15, -0.1) is 0 Å². The zero-order valence-electron chi connectivity index (χ0n) is 11.7. The van der Waals surface area contributed by atoms with Crippen molar-refractivity contribution in [2.75, 3.05) is 27.2 Å². The van der Waals surface area contributed by atoms with Gasteiger partial charge in [-0.1, -0.05) is 6.92 Å². The quantitative estimate of drug-likeness (QED) is 0.790. The predicted octanol–water partition coefficient (Wildman–Crippen LogP) is 1.53. The Labute approximate surface area is 101 Å². The van der Waals surface area contributed by atoms with Gasteiger partial charge in [0.2, 0.25) is 0 Å². The Morgan fingerprint density at radius 2 is 2.19 bits per heavy atom. The summed E-state index contributed by atoms with van der Waals surface area (Å²) < 4.78 is 0. The van der Waals surface area contributed by atoms with E-state index in [2.05, 4.69) is 44.7 Å². The highest BCUT2D eigenvalue weighted by Gasteiger charge is 2.40. The summed E-state index contributed by atoms with van der Waals surface area (Å²) >= 11 is 0. The Hall–Kier alpha value is -0.120. The summed E-state index contributed by atoms with van der Waals surface area (Å²) in [6.45, 7) is 8.82. The summed E-state index contributed by atoms with van der Waals surface area (Å²) in [5.41, 5.74) is 6.30. The number of likely N-dealkylation sites (tertiary alicyclic amines) is 1. The first-order valence-corrected chi connectivity index (χ1v) is 6.60. The fraction of sp³-hybridized carbons (Fsp3) is 1.00. The van der Waals surface area contributed by atoms with Gasteiger partial charge in [0, 0.05) is 24.2 Å². The Morgan fingerprint density at radius 3 is 2.62 bits per heavy atom. The molecule has 0 aromatic heterocycles. The minimum absolute atomic E-state index is 0.224. The average molecular weight is 227 g/mol. The van der Waals surface area contributed by atoms with Gasteiger partial charge in [-0.05, 0) is 53.8 Å². The van der Waals surface area contributed by atoms with Gasteiger partial charge in [0.05, 0.1) is 0 Å². The van der Waals surface area contributed by atoms with Crippen molar-refractivity contribution in [2.45, 2.75) is 57.7 Å². The van der Waals surface area contributed by atoms with Crippen LogP contribution in [-0.4, -0.2) is 54.6 Å². The molecule has 1 saturated heterocycles. The molecule has 1 fully saturated rings. The number of nitrogens with two attached hydrogens (primary N) is 1. The van der Waals surface area contributed by atoms with E-state index in [1.165, 1.54) is 25.8 Å². The van der Waals surface area contributed by atoms with E-state index in [0.717, 1.165) is 6.54 Å². The third kappa shape index (κ3) is 2.58. The molecule has 2 N–H and O–H groups in total. The lowest BCUT2D eigenvalue weighted by Gasteiger charge is -2.51. The summed E-state index contributed by atoms with van der Waals surface area (Å²) in [6.07, 6.45) is 3.59. The molecule has 3 nitrogen and oxygen atoms in total. The highest BCUT2D eigenvalue weighted by Crippen LogP contribution is 2.31. The van der Waals surface area contributed by atoms with Crippen LogP contribution in [0.2, 0.25) is 0 Å². The van der Waals surface area contributed by atoms with Crippen molar-refractivity contribution in [2.24, 2.45) is 5.73 Å². The van der Waals surface area contributed by atoms with Crippen LogP contribution in [0.5, 0.6) is 0 Å². The largest absolute Gasteiger partial charge is 0.329 e. The van der Waals surface area contributed by atoms with E-state index >= 15 is 0 Å². The van der Waals surface area contributed by atoms with Gasteiger partial charge in [0.25, 0.3) is 0 Å². The maximum atomic E-state index is 6.08. The molecule has 16 heavy (non-hydrogen) atoms. The lowest BCUT2D eigenvalue weighted by Crippen LogP contribution is -2.61. The third-order valence-corrected chi connectivity index (χ3v) is 4.74. The van der Waals surface area contributed by atoms with E-state index in [9.17, 15) is 0 Å². The monoisotopic (exact) mass is 227 g/mol. The second-order valence-corrected chi connectivity index (χ2v) is 5.58. The SMILES string of the molecule is CCC(C)N(C)C1(CN)CCN(C)C(C)C1. The second kappa shape index (κ2) is 5.48. The lowest BCUT2D eigenvalue weighted by atomic mass is 9.81. The summed E-state index contributed by atoms with van der Waals surface area (Å²) in [7, 11) is 4.47. The van der Waals surface area contributed by atoms with Crippen molar-refractivity contribution in [3.63, 3.8) is 0 Å². The van der Waals surface area contributed by atoms with E-state index in [4.69, 9.17) is 5.73 Å². The minimum Gasteiger partial charge on any atom is -0.329 e. The molecular weight excluding hydrogens is 198 g/mol. The number of piperidine rings is 1. The first-order valence-electron chi connectivity index (χ1n) is 6.60. The molecule has 0 saturated carbocycles. The Kier molecular flexibility index (Phi) is 4.77. The molecule has 1 heterocycles. The highest BCUT2D eigenvalue weighted by molar-refractivity contribution is 4.98. The van der Waals surface area contributed by atoms with Gasteiger partial charge in [-0.2, -0.15) is 0 Å². The number of rotatable bonds is 4. The molecule has 3 heteroatoms. The topological polar surface area (TPSA) is 32.5 Å². The summed E-state index contributed by atoms with van der Waals surface area (Å²) in [5.74, 6) is 0. The Morgan fingerprint density at radius 1 is 1.56 bits per heavy atom. The fourth-order valence-electron chi connectivity index (χ4n) is 2.80. The molecule has 0 bridgehead atoms. The third-order valence-electron chi connectivity index (χ3n) is 4.74. The smallest absolute Gasteiger partial charge is 0.0358 e. The maximum Gasteiger partial charge on any atom is 0.0358 e. The van der Waals surface area contributed by atoms with E-state index in [1.54, 1.807) is 0 Å². The zero-order valence-corrected chi connectivity index (χ0v) is 11.7. The maximum absolute atomic E-state index is 6.08. The van der Waals surface area contributed by atoms with Crippen molar-refractivity contribution in [1.82, 2.24) is 9.80 Å². The van der Waals surface area contributed by atoms with Gasteiger partial charge in [-0.25, -0.2) is 0 Å². The van der Waals surface area contributed by atoms with Crippen LogP contribution in [0, 0.1) is 0 Å². The molecule has 0 amide bonds. The van der Waals surface area contributed by atoms with Gasteiger partial charge >= 0.3 is 0 Å². The molecule has 0 aromatic carbocycles. The zero-order chi connectivity index (χ0) is 12.3. The van der Waals surface area contributed by atoms with E-state index in [-0.39, 0.29) is 5.54 Å². The number of hydrogen-bond acceptors (Lipinski definition) is 3. The van der Waals surface area contributed by atoms with Crippen LogP contribution >= 0.6 is 0 Å². The molecule has 1 aliphatic rings. The molecular formula is C13H29N3. The van der Waals surface area contributed by atoms with Crippen molar-refractivity contribution in [3.8, 4) is 0 Å². The van der Waals surface area contributed by atoms with Gasteiger partial charge < -0.3 is 10.6 Å². The number of hydrogen-bond donors (Lipinski definition) is 1. The van der Waals surface area contributed by atoms with Crippen LogP contribution in [-0.2, 0) is 0 Å². The van der Waals surface area contributed by atoms with Gasteiger partial charge in [-0.3, -0.25) is 4.90 Å². The molecule has 1 aliphatic heterocycles. The fourth-order valence-corrected chi connectivity index (χ4v) is 2.80. The molecule has 0 spiro atoms. The summed E-state index contributed by atoms with van der Waals surface area (Å²) in [4.78, 5) is 4.97. The van der Waals surface area contributed by atoms with E-state index < -0.39 is 0 Å². The lowest BCUT2D eigenvalue weighted by molar-refractivity contribution is 0.00464. The van der Waals surface area contributed by atoms with Crippen LogP contribution in [0.25, 0.3) is 0 Å². The normalized spacial score (nSPS) is 34.3. The Bertz CT molecular complexity index is 219. The molecule has 96 valence electrons. The van der Waals surface area contributed by atoms with E-state index in [1.807, 2.05) is 0 Å². The predicted molar refractivity (Wildman–Crippen MR) is 70.6 cm³/mol. The molecule has 3 unspecified atom stereocenters. The number of nitrogens with zero attached hydrogens (tertiary/aromatic N) is 2. The number of likely N-dealkylation sites (N-methyl/N-ethyl adjacent to an activating group) is 1. The molecule has 0 aromatic rings. The average Bonchev–Trinajstić information content (AvgIpc) is 2.31. The van der Waals surface area contributed by atoms with Crippen molar-refractivity contribution >= 4 is 0 Å². The van der Waals surface area contributed by atoms with Gasteiger partial charge in [0.1, 0.15) is 0 Å². The highest BCUT2D eigenvalue weighted by atomic mass is 15.2. The van der Waals surface area contributed by atoms with Crippen LogP contribution < -0.4 is 5.73 Å². The van der Waals surface area contributed by atoms with Gasteiger partial charge in [0.15, 0.2) is 0 Å².